The lowest BCUT2D eigenvalue weighted by Crippen LogP contribution is -2.05. The summed E-state index contributed by atoms with van der Waals surface area (Å²) in [5, 5.41) is 11.6. The van der Waals surface area contributed by atoms with Gasteiger partial charge in [-0.2, -0.15) is 4.98 Å². The predicted molar refractivity (Wildman–Crippen MR) is 85.2 cm³/mol. The van der Waals surface area contributed by atoms with E-state index in [0.717, 1.165) is 31.4 Å². The zero-order valence-electron chi connectivity index (χ0n) is 13.9. The van der Waals surface area contributed by atoms with Crippen LogP contribution < -0.4 is 0 Å². The molecule has 128 valence electrons. The van der Waals surface area contributed by atoms with Crippen LogP contribution in [-0.4, -0.2) is 30.3 Å². The predicted octanol–water partition coefficient (Wildman–Crippen LogP) is 3.43. The summed E-state index contributed by atoms with van der Waals surface area (Å²) in [6.45, 7) is 4.28. The normalized spacial score (nSPS) is 15.2. The molecule has 0 aromatic carbocycles. The van der Waals surface area contributed by atoms with Crippen molar-refractivity contribution in [1.29, 1.82) is 0 Å². The van der Waals surface area contributed by atoms with Crippen LogP contribution >= 0.6 is 0 Å². The van der Waals surface area contributed by atoms with Gasteiger partial charge < -0.3 is 13.9 Å². The van der Waals surface area contributed by atoms with Crippen LogP contribution in [0, 0.1) is 0 Å². The number of rotatable bonds is 9. The number of hydrogen-bond donors (Lipinski definition) is 1. The van der Waals surface area contributed by atoms with E-state index in [0.29, 0.717) is 17.7 Å². The highest BCUT2D eigenvalue weighted by Crippen LogP contribution is 2.32. The average Bonchev–Trinajstić information content (AvgIpc) is 3.37. The number of imidazole rings is 1. The third-order valence-electron chi connectivity index (χ3n) is 4.47. The Morgan fingerprint density at radius 2 is 1.92 bits per heavy atom. The van der Waals surface area contributed by atoms with E-state index in [-0.39, 0.29) is 11.8 Å². The molecule has 0 saturated carbocycles. The minimum atomic E-state index is 0.211. The van der Waals surface area contributed by atoms with Gasteiger partial charge in [0.25, 0.3) is 0 Å². The van der Waals surface area contributed by atoms with Gasteiger partial charge in [-0.05, 0) is 31.6 Å². The molecule has 3 unspecified atom stereocenters. The SMILES string of the molecule is CC(CCC(CCC(C)c1ncno1)c1nnco1)c1cnc[nH]1. The molecule has 1 N–H and O–H groups in total. The molecular formula is C16H22N6O2. The van der Waals surface area contributed by atoms with Crippen LogP contribution in [-0.2, 0) is 0 Å². The molecule has 0 fully saturated rings. The highest BCUT2D eigenvalue weighted by molar-refractivity contribution is 5.02. The van der Waals surface area contributed by atoms with Gasteiger partial charge in [0.2, 0.25) is 18.2 Å². The molecular weight excluding hydrogens is 308 g/mol. The first-order valence-electron chi connectivity index (χ1n) is 8.25. The Kier molecular flexibility index (Phi) is 5.35. The molecule has 0 amide bonds. The minimum absolute atomic E-state index is 0.211. The van der Waals surface area contributed by atoms with Crippen LogP contribution in [0.2, 0.25) is 0 Å². The molecule has 0 aliphatic rings. The molecule has 0 radical (unpaired) electrons. The first kappa shape index (κ1) is 16.4. The summed E-state index contributed by atoms with van der Waals surface area (Å²) in [5.41, 5.74) is 1.15. The number of aromatic amines is 1. The molecule has 0 spiro atoms. The summed E-state index contributed by atoms with van der Waals surface area (Å²) in [4.78, 5) is 11.4. The van der Waals surface area contributed by atoms with Crippen LogP contribution in [0.25, 0.3) is 0 Å². The maximum absolute atomic E-state index is 5.45. The largest absolute Gasteiger partial charge is 0.428 e. The number of nitrogens with one attached hydrogen (secondary N) is 1. The smallest absolute Gasteiger partial charge is 0.229 e. The zero-order valence-corrected chi connectivity index (χ0v) is 13.9. The molecule has 0 aliphatic carbocycles. The van der Waals surface area contributed by atoms with Crippen molar-refractivity contribution >= 4 is 0 Å². The maximum Gasteiger partial charge on any atom is 0.229 e. The topological polar surface area (TPSA) is 107 Å². The van der Waals surface area contributed by atoms with Gasteiger partial charge in [-0.25, -0.2) is 4.98 Å². The van der Waals surface area contributed by atoms with Gasteiger partial charge >= 0.3 is 0 Å². The van der Waals surface area contributed by atoms with Crippen molar-refractivity contribution in [2.24, 2.45) is 0 Å². The Labute approximate surface area is 140 Å². The first-order chi connectivity index (χ1) is 11.7. The zero-order chi connectivity index (χ0) is 16.8. The highest BCUT2D eigenvalue weighted by atomic mass is 16.5. The molecule has 8 heteroatoms. The Morgan fingerprint density at radius 1 is 1.08 bits per heavy atom. The number of nitrogens with zero attached hydrogens (tertiary/aromatic N) is 5. The molecule has 3 aromatic heterocycles. The number of H-pyrrole nitrogens is 1. The van der Waals surface area contributed by atoms with E-state index in [1.165, 1.54) is 12.7 Å². The molecule has 3 heterocycles. The summed E-state index contributed by atoms with van der Waals surface area (Å²) in [6, 6.07) is 0. The molecule has 3 aromatic rings. The summed E-state index contributed by atoms with van der Waals surface area (Å²) >= 11 is 0. The third-order valence-corrected chi connectivity index (χ3v) is 4.47. The average molecular weight is 330 g/mol. The molecule has 3 atom stereocenters. The van der Waals surface area contributed by atoms with Crippen molar-refractivity contribution in [3.63, 3.8) is 0 Å². The minimum Gasteiger partial charge on any atom is -0.428 e. The van der Waals surface area contributed by atoms with Gasteiger partial charge in [0, 0.05) is 23.7 Å². The van der Waals surface area contributed by atoms with E-state index < -0.39 is 0 Å². The highest BCUT2D eigenvalue weighted by Gasteiger charge is 2.21. The van der Waals surface area contributed by atoms with Gasteiger partial charge in [0.05, 0.1) is 6.33 Å². The van der Waals surface area contributed by atoms with Crippen LogP contribution in [0.3, 0.4) is 0 Å². The van der Waals surface area contributed by atoms with Crippen molar-refractivity contribution in [1.82, 2.24) is 30.3 Å². The van der Waals surface area contributed by atoms with E-state index in [2.05, 4.69) is 44.2 Å². The van der Waals surface area contributed by atoms with Gasteiger partial charge in [0.15, 0.2) is 6.33 Å². The fraction of sp³-hybridized carbons (Fsp3) is 0.562. The van der Waals surface area contributed by atoms with Gasteiger partial charge in [-0.1, -0.05) is 19.0 Å². The van der Waals surface area contributed by atoms with Crippen LogP contribution in [0.4, 0.5) is 0 Å². The van der Waals surface area contributed by atoms with E-state index in [1.807, 2.05) is 6.20 Å². The quantitative estimate of drug-likeness (QED) is 0.640. The van der Waals surface area contributed by atoms with Crippen molar-refractivity contribution in [2.75, 3.05) is 0 Å². The lowest BCUT2D eigenvalue weighted by Gasteiger charge is -2.17. The summed E-state index contributed by atoms with van der Waals surface area (Å²) in [7, 11) is 0. The Morgan fingerprint density at radius 3 is 2.54 bits per heavy atom. The summed E-state index contributed by atoms with van der Waals surface area (Å²) < 4.78 is 10.6. The van der Waals surface area contributed by atoms with Crippen LogP contribution in [0.1, 0.15) is 74.8 Å². The Bertz CT molecular complexity index is 636. The Hall–Kier alpha value is -2.51. The van der Waals surface area contributed by atoms with Gasteiger partial charge in [-0.3, -0.25) is 0 Å². The molecule has 3 rings (SSSR count). The van der Waals surface area contributed by atoms with E-state index >= 15 is 0 Å². The van der Waals surface area contributed by atoms with Crippen LogP contribution in [0.5, 0.6) is 0 Å². The second-order valence-electron chi connectivity index (χ2n) is 6.22. The second-order valence-corrected chi connectivity index (χ2v) is 6.22. The standard InChI is InChI=1S/C16H22N6O2/c1-11(14-7-17-8-18-14)3-5-13(16-22-20-10-23-16)6-4-12(2)15-19-9-21-24-15/h7-13H,3-6H2,1-2H3,(H,17,18). The molecule has 24 heavy (non-hydrogen) atoms. The van der Waals surface area contributed by atoms with Crippen molar-refractivity contribution in [2.45, 2.75) is 57.3 Å². The second kappa shape index (κ2) is 7.85. The van der Waals surface area contributed by atoms with Crippen molar-refractivity contribution in [3.8, 4) is 0 Å². The molecule has 0 aliphatic heterocycles. The number of aromatic nitrogens is 6. The lowest BCUT2D eigenvalue weighted by molar-refractivity contribution is 0.336. The van der Waals surface area contributed by atoms with E-state index in [1.54, 1.807) is 6.33 Å². The fourth-order valence-corrected chi connectivity index (χ4v) is 2.87. The summed E-state index contributed by atoms with van der Waals surface area (Å²) in [6.07, 6.45) is 10.3. The lowest BCUT2D eigenvalue weighted by atomic mass is 9.89. The third kappa shape index (κ3) is 4.06. The molecule has 8 nitrogen and oxygen atoms in total. The first-order valence-corrected chi connectivity index (χ1v) is 8.25. The van der Waals surface area contributed by atoms with E-state index in [4.69, 9.17) is 8.94 Å². The number of hydrogen-bond acceptors (Lipinski definition) is 7. The van der Waals surface area contributed by atoms with Gasteiger partial charge in [0.1, 0.15) is 0 Å². The van der Waals surface area contributed by atoms with Crippen LogP contribution in [0.15, 0.2) is 34.2 Å². The van der Waals surface area contributed by atoms with Crippen molar-refractivity contribution < 1.29 is 8.94 Å². The molecule has 0 saturated heterocycles. The monoisotopic (exact) mass is 330 g/mol. The molecule has 0 bridgehead atoms. The Balaban J connectivity index is 1.57. The van der Waals surface area contributed by atoms with Gasteiger partial charge in [-0.15, -0.1) is 10.2 Å². The maximum atomic E-state index is 5.45. The fourth-order valence-electron chi connectivity index (χ4n) is 2.87. The van der Waals surface area contributed by atoms with Crippen molar-refractivity contribution in [3.05, 3.63) is 42.7 Å². The van der Waals surface area contributed by atoms with E-state index in [9.17, 15) is 0 Å². The summed E-state index contributed by atoms with van der Waals surface area (Å²) in [5.74, 6) is 2.21.